The van der Waals surface area contributed by atoms with Gasteiger partial charge in [-0.1, -0.05) is 37.3 Å². The monoisotopic (exact) mass is 344 g/mol. The van der Waals surface area contributed by atoms with Crippen molar-refractivity contribution in [3.63, 3.8) is 0 Å². The average Bonchev–Trinajstić information content (AvgIpc) is 3.12. The first-order valence-electron chi connectivity index (χ1n) is 8.27. The minimum Gasteiger partial charge on any atom is -0.333 e. The number of rotatable bonds is 5. The van der Waals surface area contributed by atoms with E-state index in [2.05, 4.69) is 10.7 Å². The Balaban J connectivity index is 1.75. The lowest BCUT2D eigenvalue weighted by Gasteiger charge is -2.25. The van der Waals surface area contributed by atoms with Crippen LogP contribution in [0.25, 0.3) is 0 Å². The van der Waals surface area contributed by atoms with Gasteiger partial charge in [0.2, 0.25) is 5.91 Å². The van der Waals surface area contributed by atoms with Gasteiger partial charge in [-0.05, 0) is 18.4 Å². The Morgan fingerprint density at radius 1 is 1.24 bits per heavy atom. The number of nitrogens with zero attached hydrogens (tertiary/aromatic N) is 2. The van der Waals surface area contributed by atoms with Gasteiger partial charge in [-0.25, -0.2) is 4.79 Å². The van der Waals surface area contributed by atoms with Gasteiger partial charge in [0.15, 0.2) is 0 Å². The molecule has 5 amide bonds. The molecule has 2 aliphatic rings. The molecule has 0 saturated carbocycles. The Morgan fingerprint density at radius 3 is 2.56 bits per heavy atom. The highest BCUT2D eigenvalue weighted by atomic mass is 16.2. The molecule has 2 aliphatic heterocycles. The Hall–Kier alpha value is -2.90. The molecule has 0 aromatic heterocycles. The van der Waals surface area contributed by atoms with E-state index in [9.17, 15) is 19.2 Å². The van der Waals surface area contributed by atoms with Crippen LogP contribution in [0.2, 0.25) is 0 Å². The molecule has 8 heteroatoms. The number of nitrogens with one attached hydrogen (secondary N) is 2. The van der Waals surface area contributed by atoms with Crippen LogP contribution in [0, 0.1) is 0 Å². The van der Waals surface area contributed by atoms with Gasteiger partial charge in [-0.15, -0.1) is 0 Å². The molecule has 2 heterocycles. The second-order valence-corrected chi connectivity index (χ2v) is 6.15. The molecular weight excluding hydrogens is 324 g/mol. The summed E-state index contributed by atoms with van der Waals surface area (Å²) in [6, 6.07) is 8.22. The van der Waals surface area contributed by atoms with Crippen molar-refractivity contribution in [1.82, 2.24) is 20.7 Å². The van der Waals surface area contributed by atoms with E-state index < -0.39 is 23.4 Å². The minimum atomic E-state index is -1.20. The molecule has 25 heavy (non-hydrogen) atoms. The van der Waals surface area contributed by atoms with Crippen molar-refractivity contribution in [1.29, 1.82) is 0 Å². The zero-order chi connectivity index (χ0) is 18.0. The van der Waals surface area contributed by atoms with Crippen LogP contribution in [0.5, 0.6) is 0 Å². The van der Waals surface area contributed by atoms with Crippen molar-refractivity contribution in [2.45, 2.75) is 31.7 Å². The van der Waals surface area contributed by atoms with E-state index >= 15 is 0 Å². The number of imide groups is 1. The van der Waals surface area contributed by atoms with Gasteiger partial charge in [-0.2, -0.15) is 5.01 Å². The van der Waals surface area contributed by atoms with Gasteiger partial charge < -0.3 is 10.2 Å². The van der Waals surface area contributed by atoms with Crippen LogP contribution in [-0.4, -0.2) is 46.8 Å². The number of urea groups is 1. The maximum absolute atomic E-state index is 12.9. The lowest BCUT2D eigenvalue weighted by molar-refractivity contribution is -0.141. The fraction of sp³-hybridized carbons (Fsp3) is 0.412. The Bertz CT molecular complexity index is 721. The van der Waals surface area contributed by atoms with Gasteiger partial charge in [0.25, 0.3) is 11.8 Å². The highest BCUT2D eigenvalue weighted by Crippen LogP contribution is 2.31. The van der Waals surface area contributed by atoms with Crippen LogP contribution >= 0.6 is 0 Å². The second-order valence-electron chi connectivity index (χ2n) is 6.15. The number of benzene rings is 1. The third kappa shape index (κ3) is 2.95. The van der Waals surface area contributed by atoms with Crippen LogP contribution < -0.4 is 10.7 Å². The standard InChI is InChI=1S/C17H20N4O4/c1-2-17(12-7-4-3-5-8-12)15(24)21(16(25)18-17)19-13(22)11-20-10-6-9-14(20)23/h3-5,7-8H,2,6,9-11H2,1H3,(H,18,25)(H,19,22)/t17-/m1/s1. The maximum atomic E-state index is 12.9. The summed E-state index contributed by atoms with van der Waals surface area (Å²) in [5.74, 6) is -1.20. The molecule has 3 rings (SSSR count). The molecule has 132 valence electrons. The van der Waals surface area contributed by atoms with Crippen LogP contribution in [0.15, 0.2) is 30.3 Å². The summed E-state index contributed by atoms with van der Waals surface area (Å²) in [5, 5.41) is 3.39. The lowest BCUT2D eigenvalue weighted by atomic mass is 9.87. The fourth-order valence-electron chi connectivity index (χ4n) is 3.24. The third-order valence-electron chi connectivity index (χ3n) is 4.63. The molecule has 8 nitrogen and oxygen atoms in total. The molecule has 0 spiro atoms. The minimum absolute atomic E-state index is 0.0976. The van der Waals surface area contributed by atoms with Gasteiger partial charge >= 0.3 is 6.03 Å². The summed E-state index contributed by atoms with van der Waals surface area (Å²) in [7, 11) is 0. The zero-order valence-corrected chi connectivity index (χ0v) is 13.9. The van der Waals surface area contributed by atoms with Gasteiger partial charge in [0.05, 0.1) is 0 Å². The Kier molecular flexibility index (Phi) is 4.43. The van der Waals surface area contributed by atoms with E-state index in [1.54, 1.807) is 31.2 Å². The molecular formula is C17H20N4O4. The first-order valence-corrected chi connectivity index (χ1v) is 8.27. The highest BCUT2D eigenvalue weighted by Gasteiger charge is 2.52. The quantitative estimate of drug-likeness (QED) is 0.760. The van der Waals surface area contributed by atoms with Crippen LogP contribution in [0.4, 0.5) is 4.79 Å². The first-order chi connectivity index (χ1) is 12.0. The third-order valence-corrected chi connectivity index (χ3v) is 4.63. The van der Waals surface area contributed by atoms with Gasteiger partial charge in [0, 0.05) is 13.0 Å². The summed E-state index contributed by atoms with van der Waals surface area (Å²) in [6.45, 7) is 2.13. The second kappa shape index (κ2) is 6.54. The summed E-state index contributed by atoms with van der Waals surface area (Å²) in [5.41, 5.74) is 1.78. The molecule has 0 bridgehead atoms. The number of hydrogen-bond acceptors (Lipinski definition) is 4. The predicted octanol–water partition coefficient (Wildman–Crippen LogP) is 0.497. The number of carbonyl (C=O) groups excluding carboxylic acids is 4. The molecule has 0 unspecified atom stereocenters. The molecule has 1 aromatic rings. The zero-order valence-electron chi connectivity index (χ0n) is 13.9. The number of amides is 5. The normalized spacial score (nSPS) is 23.2. The molecule has 2 N–H and O–H groups in total. The number of carbonyl (C=O) groups is 4. The molecule has 2 fully saturated rings. The predicted molar refractivity (Wildman–Crippen MR) is 87.7 cm³/mol. The van der Waals surface area contributed by atoms with Crippen LogP contribution in [-0.2, 0) is 19.9 Å². The van der Waals surface area contributed by atoms with Crippen molar-refractivity contribution in [2.24, 2.45) is 0 Å². The number of likely N-dealkylation sites (tertiary alicyclic amines) is 1. The first kappa shape index (κ1) is 16.9. The van der Waals surface area contributed by atoms with Gasteiger partial charge in [0.1, 0.15) is 12.1 Å². The average molecular weight is 344 g/mol. The molecule has 0 aliphatic carbocycles. The van der Waals surface area contributed by atoms with E-state index in [0.29, 0.717) is 36.4 Å². The summed E-state index contributed by atoms with van der Waals surface area (Å²) >= 11 is 0. The van der Waals surface area contributed by atoms with E-state index in [1.807, 2.05) is 6.07 Å². The van der Waals surface area contributed by atoms with E-state index in [-0.39, 0.29) is 12.5 Å². The molecule has 1 aromatic carbocycles. The number of hydrogen-bond donors (Lipinski definition) is 2. The smallest absolute Gasteiger partial charge is 0.333 e. The largest absolute Gasteiger partial charge is 0.344 e. The van der Waals surface area contributed by atoms with Crippen molar-refractivity contribution in [3.8, 4) is 0 Å². The molecule has 0 radical (unpaired) electrons. The van der Waals surface area contributed by atoms with Crippen LogP contribution in [0.1, 0.15) is 31.7 Å². The van der Waals surface area contributed by atoms with Crippen molar-refractivity contribution in [3.05, 3.63) is 35.9 Å². The van der Waals surface area contributed by atoms with Crippen molar-refractivity contribution < 1.29 is 19.2 Å². The molecule has 1 atom stereocenters. The summed E-state index contributed by atoms with van der Waals surface area (Å²) < 4.78 is 0. The Morgan fingerprint density at radius 2 is 1.96 bits per heavy atom. The van der Waals surface area contributed by atoms with Crippen molar-refractivity contribution >= 4 is 23.8 Å². The highest BCUT2D eigenvalue weighted by molar-refractivity contribution is 6.08. The van der Waals surface area contributed by atoms with Gasteiger partial charge in [-0.3, -0.25) is 19.8 Å². The Labute approximate surface area is 145 Å². The lowest BCUT2D eigenvalue weighted by Crippen LogP contribution is -2.51. The summed E-state index contributed by atoms with van der Waals surface area (Å²) in [4.78, 5) is 50.3. The van der Waals surface area contributed by atoms with Crippen LogP contribution in [0.3, 0.4) is 0 Å². The maximum Gasteiger partial charge on any atom is 0.344 e. The molecule has 2 saturated heterocycles. The topological polar surface area (TPSA) is 98.8 Å². The summed E-state index contributed by atoms with van der Waals surface area (Å²) in [6.07, 6.45) is 1.48. The SMILES string of the molecule is CC[C@]1(c2ccccc2)NC(=O)N(NC(=O)CN2CCCC2=O)C1=O. The van der Waals surface area contributed by atoms with Crippen molar-refractivity contribution in [2.75, 3.05) is 13.1 Å². The van der Waals surface area contributed by atoms with E-state index in [4.69, 9.17) is 0 Å². The van der Waals surface area contributed by atoms with E-state index in [0.717, 1.165) is 0 Å². The number of hydrazine groups is 1. The van der Waals surface area contributed by atoms with E-state index in [1.165, 1.54) is 4.90 Å². The fourth-order valence-corrected chi connectivity index (χ4v) is 3.24.